The fraction of sp³-hybridized carbons (Fsp3) is 0.583. The Labute approximate surface area is 92.2 Å². The third kappa shape index (κ3) is 4.79. The van der Waals surface area contributed by atoms with Crippen LogP contribution in [-0.2, 0) is 13.5 Å². The van der Waals surface area contributed by atoms with E-state index < -0.39 is 0 Å². The summed E-state index contributed by atoms with van der Waals surface area (Å²) in [7, 11) is 1.95. The van der Waals surface area contributed by atoms with Crippen molar-refractivity contribution < 1.29 is 0 Å². The average Bonchev–Trinajstić information content (AvgIpc) is 2.59. The molecule has 0 saturated heterocycles. The van der Waals surface area contributed by atoms with Gasteiger partial charge in [-0.1, -0.05) is 18.6 Å². The molecular formula is C12H21N3. The highest BCUT2D eigenvalue weighted by atomic mass is 15.2. The molecule has 0 aliphatic rings. The number of nitrogens with one attached hydrogen (secondary N) is 1. The summed E-state index contributed by atoms with van der Waals surface area (Å²) in [6.45, 7) is 6.41. The lowest BCUT2D eigenvalue weighted by Gasteiger charge is -2.00. The predicted molar refractivity (Wildman–Crippen MR) is 63.8 cm³/mol. The van der Waals surface area contributed by atoms with Crippen molar-refractivity contribution in [1.29, 1.82) is 0 Å². The molecule has 1 heterocycles. The van der Waals surface area contributed by atoms with Gasteiger partial charge in [0.25, 0.3) is 0 Å². The molecule has 84 valence electrons. The van der Waals surface area contributed by atoms with E-state index in [4.69, 9.17) is 0 Å². The summed E-state index contributed by atoms with van der Waals surface area (Å²) in [5.41, 5.74) is 2.54. The molecule has 0 amide bonds. The van der Waals surface area contributed by atoms with Crippen molar-refractivity contribution in [2.45, 2.75) is 26.7 Å². The van der Waals surface area contributed by atoms with Gasteiger partial charge in [0.2, 0.25) is 0 Å². The number of aromatic nitrogens is 2. The van der Waals surface area contributed by atoms with Crippen molar-refractivity contribution in [2.24, 2.45) is 7.05 Å². The molecule has 0 spiro atoms. The predicted octanol–water partition coefficient (Wildman–Crippen LogP) is 1.91. The monoisotopic (exact) mass is 207 g/mol. The molecule has 0 fully saturated rings. The molecule has 0 unspecified atom stereocenters. The maximum absolute atomic E-state index is 4.36. The Morgan fingerprint density at radius 3 is 3.00 bits per heavy atom. The molecular weight excluding hydrogens is 186 g/mol. The Morgan fingerprint density at radius 1 is 1.60 bits per heavy atom. The maximum atomic E-state index is 4.36. The first-order chi connectivity index (χ1) is 7.22. The Bertz CT molecular complexity index is 312. The van der Waals surface area contributed by atoms with Crippen LogP contribution in [0.25, 0.3) is 0 Å². The number of aryl methyl sites for hydroxylation is 1. The second-order valence-electron chi connectivity index (χ2n) is 3.85. The molecule has 0 bridgehead atoms. The van der Waals surface area contributed by atoms with Gasteiger partial charge in [0.15, 0.2) is 0 Å². The summed E-state index contributed by atoms with van der Waals surface area (Å²) >= 11 is 0. The van der Waals surface area contributed by atoms with Crippen LogP contribution in [0.15, 0.2) is 23.9 Å². The van der Waals surface area contributed by atoms with Gasteiger partial charge in [-0.05, 0) is 32.5 Å². The molecule has 0 radical (unpaired) electrons. The molecule has 0 aliphatic heterocycles. The van der Waals surface area contributed by atoms with Crippen LogP contribution in [0, 0.1) is 0 Å². The molecule has 0 aromatic carbocycles. The third-order valence-electron chi connectivity index (χ3n) is 2.29. The van der Waals surface area contributed by atoms with Gasteiger partial charge in [0.05, 0.1) is 5.69 Å². The molecule has 3 heteroatoms. The summed E-state index contributed by atoms with van der Waals surface area (Å²) in [5, 5.41) is 7.66. The van der Waals surface area contributed by atoms with Crippen molar-refractivity contribution >= 4 is 0 Å². The van der Waals surface area contributed by atoms with Gasteiger partial charge in [-0.2, -0.15) is 5.10 Å². The van der Waals surface area contributed by atoms with E-state index in [0.717, 1.165) is 31.6 Å². The summed E-state index contributed by atoms with van der Waals surface area (Å²) in [5.74, 6) is 0. The van der Waals surface area contributed by atoms with E-state index in [2.05, 4.69) is 36.4 Å². The topological polar surface area (TPSA) is 29.9 Å². The van der Waals surface area contributed by atoms with Crippen LogP contribution in [-0.4, -0.2) is 22.9 Å². The van der Waals surface area contributed by atoms with Crippen LogP contribution in [0.1, 0.15) is 26.0 Å². The van der Waals surface area contributed by atoms with E-state index in [0.29, 0.717) is 0 Å². The Morgan fingerprint density at radius 2 is 2.40 bits per heavy atom. The highest BCUT2D eigenvalue weighted by Crippen LogP contribution is 2.05. The first-order valence-corrected chi connectivity index (χ1v) is 5.57. The summed E-state index contributed by atoms with van der Waals surface area (Å²) < 4.78 is 1.85. The van der Waals surface area contributed by atoms with E-state index >= 15 is 0 Å². The van der Waals surface area contributed by atoms with Crippen LogP contribution in [0.4, 0.5) is 0 Å². The van der Waals surface area contributed by atoms with Gasteiger partial charge in [-0.25, -0.2) is 0 Å². The van der Waals surface area contributed by atoms with Crippen LogP contribution in [0.3, 0.4) is 0 Å². The molecule has 3 nitrogen and oxygen atoms in total. The minimum Gasteiger partial charge on any atom is -0.317 e. The smallest absolute Gasteiger partial charge is 0.0664 e. The molecule has 0 atom stereocenters. The standard InChI is InChI=1S/C12H21N3/c1-4-13-8-5-6-11(2)10-12-7-9-15(3)14-12/h6-7,9,13H,4-5,8,10H2,1-3H3/b11-6-. The Hall–Kier alpha value is -1.09. The van der Waals surface area contributed by atoms with Crippen molar-refractivity contribution in [3.63, 3.8) is 0 Å². The number of hydrogen-bond acceptors (Lipinski definition) is 2. The van der Waals surface area contributed by atoms with Gasteiger partial charge in [-0.3, -0.25) is 4.68 Å². The van der Waals surface area contributed by atoms with E-state index in [1.54, 1.807) is 0 Å². The van der Waals surface area contributed by atoms with E-state index in [1.807, 2.05) is 17.9 Å². The van der Waals surface area contributed by atoms with Crippen molar-refractivity contribution in [1.82, 2.24) is 15.1 Å². The first kappa shape index (κ1) is 12.0. The van der Waals surface area contributed by atoms with Crippen LogP contribution in [0.5, 0.6) is 0 Å². The van der Waals surface area contributed by atoms with Gasteiger partial charge >= 0.3 is 0 Å². The second kappa shape index (κ2) is 6.40. The van der Waals surface area contributed by atoms with Crippen LogP contribution in [0.2, 0.25) is 0 Å². The highest BCUT2D eigenvalue weighted by molar-refractivity contribution is 5.11. The normalized spacial score (nSPS) is 12.1. The molecule has 1 aromatic rings. The first-order valence-electron chi connectivity index (χ1n) is 5.57. The van der Waals surface area contributed by atoms with Crippen LogP contribution < -0.4 is 5.32 Å². The van der Waals surface area contributed by atoms with Gasteiger partial charge in [-0.15, -0.1) is 0 Å². The second-order valence-corrected chi connectivity index (χ2v) is 3.85. The largest absolute Gasteiger partial charge is 0.317 e. The minimum absolute atomic E-state index is 0.965. The molecule has 0 saturated carbocycles. The number of hydrogen-bond donors (Lipinski definition) is 1. The Balaban J connectivity index is 2.31. The Kier molecular flexibility index (Phi) is 5.12. The quantitative estimate of drug-likeness (QED) is 0.570. The lowest BCUT2D eigenvalue weighted by Crippen LogP contribution is -2.13. The van der Waals surface area contributed by atoms with E-state index in [1.165, 1.54) is 5.57 Å². The fourth-order valence-corrected chi connectivity index (χ4v) is 1.51. The van der Waals surface area contributed by atoms with Crippen LogP contribution >= 0.6 is 0 Å². The lowest BCUT2D eigenvalue weighted by atomic mass is 10.1. The van der Waals surface area contributed by atoms with Crippen molar-refractivity contribution in [3.05, 3.63) is 29.6 Å². The molecule has 1 rings (SSSR count). The van der Waals surface area contributed by atoms with Crippen molar-refractivity contribution in [3.8, 4) is 0 Å². The highest BCUT2D eigenvalue weighted by Gasteiger charge is 1.97. The maximum Gasteiger partial charge on any atom is 0.0664 e. The zero-order valence-electron chi connectivity index (χ0n) is 9.95. The molecule has 1 aromatic heterocycles. The number of nitrogens with zero attached hydrogens (tertiary/aromatic N) is 2. The third-order valence-corrected chi connectivity index (χ3v) is 2.29. The van der Waals surface area contributed by atoms with Gasteiger partial charge in [0.1, 0.15) is 0 Å². The van der Waals surface area contributed by atoms with Crippen molar-refractivity contribution in [2.75, 3.05) is 13.1 Å². The summed E-state index contributed by atoms with van der Waals surface area (Å²) in [4.78, 5) is 0. The van der Waals surface area contributed by atoms with E-state index in [-0.39, 0.29) is 0 Å². The molecule has 0 aliphatic carbocycles. The molecule has 1 N–H and O–H groups in total. The molecule has 15 heavy (non-hydrogen) atoms. The summed E-state index contributed by atoms with van der Waals surface area (Å²) in [6, 6.07) is 2.07. The lowest BCUT2D eigenvalue weighted by molar-refractivity contribution is 0.722. The SMILES string of the molecule is CCNCC/C=C(/C)Cc1ccn(C)n1. The van der Waals surface area contributed by atoms with Gasteiger partial charge < -0.3 is 5.32 Å². The van der Waals surface area contributed by atoms with E-state index in [9.17, 15) is 0 Å². The number of allylic oxidation sites excluding steroid dienone is 1. The van der Waals surface area contributed by atoms with Gasteiger partial charge in [0, 0.05) is 19.7 Å². The zero-order valence-corrected chi connectivity index (χ0v) is 9.95. The fourth-order valence-electron chi connectivity index (χ4n) is 1.51. The number of rotatable bonds is 6. The average molecular weight is 207 g/mol. The minimum atomic E-state index is 0.965. The zero-order chi connectivity index (χ0) is 11.1. The summed E-state index contributed by atoms with van der Waals surface area (Å²) in [6.07, 6.45) is 6.35.